The molecule has 0 aliphatic carbocycles. The summed E-state index contributed by atoms with van der Waals surface area (Å²) in [4.78, 5) is 11.5. The highest BCUT2D eigenvalue weighted by molar-refractivity contribution is 5.74. The molecule has 0 radical (unpaired) electrons. The molecule has 0 aliphatic heterocycles. The van der Waals surface area contributed by atoms with Crippen molar-refractivity contribution in [3.8, 4) is 0 Å². The van der Waals surface area contributed by atoms with Crippen molar-refractivity contribution in [3.05, 3.63) is 35.4 Å². The number of nitrogens with one attached hydrogen (secondary N) is 1. The molecule has 0 saturated heterocycles. The molecule has 0 aliphatic rings. The highest BCUT2D eigenvalue weighted by Crippen LogP contribution is 2.26. The quantitative estimate of drug-likeness (QED) is 0.518. The van der Waals surface area contributed by atoms with Gasteiger partial charge in [0.15, 0.2) is 0 Å². The number of rotatable bonds is 11. The summed E-state index contributed by atoms with van der Waals surface area (Å²) in [6, 6.07) is 8.85. The van der Waals surface area contributed by atoms with E-state index in [1.807, 2.05) is 0 Å². The number of benzene rings is 1. The summed E-state index contributed by atoms with van der Waals surface area (Å²) in [6.07, 6.45) is 11.2. The molecule has 1 aromatic rings. The van der Waals surface area contributed by atoms with E-state index in [2.05, 4.69) is 50.4 Å². The summed E-state index contributed by atoms with van der Waals surface area (Å²) in [7, 11) is 0. The second-order valence-corrected chi connectivity index (χ2v) is 6.98. The molecule has 1 N–H and O–H groups in total. The van der Waals surface area contributed by atoms with Crippen LogP contribution in [0.5, 0.6) is 0 Å². The first-order valence-electron chi connectivity index (χ1n) is 9.40. The minimum absolute atomic E-state index is 0.0390. The van der Waals surface area contributed by atoms with Gasteiger partial charge in [0.1, 0.15) is 0 Å². The monoisotopic (exact) mass is 317 g/mol. The van der Waals surface area contributed by atoms with Crippen LogP contribution >= 0.6 is 0 Å². The molecule has 1 amide bonds. The largest absolute Gasteiger partial charge is 0.347 e. The molecule has 2 nitrogen and oxygen atoms in total. The molecule has 1 unspecified atom stereocenters. The van der Waals surface area contributed by atoms with Gasteiger partial charge in [0.2, 0.25) is 5.91 Å². The second-order valence-electron chi connectivity index (χ2n) is 6.98. The van der Waals surface area contributed by atoms with Crippen LogP contribution in [0.15, 0.2) is 24.3 Å². The summed E-state index contributed by atoms with van der Waals surface area (Å²) < 4.78 is 0. The molecule has 1 aromatic carbocycles. The smallest absolute Gasteiger partial charge is 0.217 e. The molecular weight excluding hydrogens is 282 g/mol. The highest BCUT2D eigenvalue weighted by Gasteiger charge is 2.26. The van der Waals surface area contributed by atoms with Crippen LogP contribution in [0.1, 0.15) is 90.2 Å². The molecule has 1 atom stereocenters. The first kappa shape index (κ1) is 19.7. The maximum atomic E-state index is 11.5. The lowest BCUT2D eigenvalue weighted by Gasteiger charge is -2.31. The molecule has 23 heavy (non-hydrogen) atoms. The lowest BCUT2D eigenvalue weighted by Crippen LogP contribution is -2.42. The molecule has 2 heteroatoms. The van der Waals surface area contributed by atoms with Crippen molar-refractivity contribution in [2.75, 3.05) is 0 Å². The standard InChI is InChI=1S/C21H35NO/c1-5-7-8-9-10-11-12-19-13-15-20(16-14-19)21(4,17-6-2)22-18(3)23/h13-16H,5-12,17H2,1-4H3,(H,22,23). The molecule has 0 aromatic heterocycles. The average Bonchev–Trinajstić information content (AvgIpc) is 2.51. The van der Waals surface area contributed by atoms with Crippen molar-refractivity contribution < 1.29 is 4.79 Å². The third kappa shape index (κ3) is 7.20. The van der Waals surface area contributed by atoms with Crippen molar-refractivity contribution in [2.24, 2.45) is 0 Å². The number of hydrogen-bond donors (Lipinski definition) is 1. The van der Waals surface area contributed by atoms with E-state index in [1.54, 1.807) is 6.92 Å². The Hall–Kier alpha value is -1.31. The molecule has 1 rings (SSSR count). The van der Waals surface area contributed by atoms with Crippen LogP contribution in [0.3, 0.4) is 0 Å². The third-order valence-corrected chi connectivity index (χ3v) is 4.61. The van der Waals surface area contributed by atoms with Gasteiger partial charge in [0.05, 0.1) is 5.54 Å². The Morgan fingerprint density at radius 3 is 2.13 bits per heavy atom. The number of amides is 1. The Kier molecular flexibility index (Phi) is 8.98. The van der Waals surface area contributed by atoms with E-state index >= 15 is 0 Å². The topological polar surface area (TPSA) is 29.1 Å². The van der Waals surface area contributed by atoms with Gasteiger partial charge in [0, 0.05) is 6.92 Å². The lowest BCUT2D eigenvalue weighted by atomic mass is 9.86. The average molecular weight is 318 g/mol. The van der Waals surface area contributed by atoms with Crippen molar-refractivity contribution in [3.63, 3.8) is 0 Å². The van der Waals surface area contributed by atoms with Crippen LogP contribution in [0.25, 0.3) is 0 Å². The van der Waals surface area contributed by atoms with Gasteiger partial charge >= 0.3 is 0 Å². The molecular formula is C21H35NO. The molecule has 0 fully saturated rings. The number of unbranched alkanes of at least 4 members (excludes halogenated alkanes) is 5. The SMILES string of the molecule is CCCCCCCCc1ccc(C(C)(CCC)NC(C)=O)cc1. The fourth-order valence-corrected chi connectivity index (χ4v) is 3.32. The van der Waals surface area contributed by atoms with Gasteiger partial charge < -0.3 is 5.32 Å². The van der Waals surface area contributed by atoms with E-state index in [4.69, 9.17) is 0 Å². The van der Waals surface area contributed by atoms with Gasteiger partial charge in [-0.25, -0.2) is 0 Å². The zero-order chi connectivity index (χ0) is 17.1. The molecule has 0 spiro atoms. The highest BCUT2D eigenvalue weighted by atomic mass is 16.1. The Bertz CT molecular complexity index is 451. The van der Waals surface area contributed by atoms with Crippen LogP contribution in [0.4, 0.5) is 0 Å². The Morgan fingerprint density at radius 1 is 0.957 bits per heavy atom. The van der Waals surface area contributed by atoms with E-state index in [0.29, 0.717) is 0 Å². The van der Waals surface area contributed by atoms with Crippen molar-refractivity contribution in [1.29, 1.82) is 0 Å². The Morgan fingerprint density at radius 2 is 1.57 bits per heavy atom. The van der Waals surface area contributed by atoms with Crippen molar-refractivity contribution in [1.82, 2.24) is 5.32 Å². The van der Waals surface area contributed by atoms with Crippen LogP contribution in [0.2, 0.25) is 0 Å². The van der Waals surface area contributed by atoms with Gasteiger partial charge in [0.25, 0.3) is 0 Å². The summed E-state index contributed by atoms with van der Waals surface area (Å²) in [6.45, 7) is 8.14. The first-order valence-corrected chi connectivity index (χ1v) is 9.40. The molecule has 0 bridgehead atoms. The predicted octanol–water partition coefficient (Wildman–Crippen LogP) is 5.74. The number of carbonyl (C=O) groups is 1. The van der Waals surface area contributed by atoms with Crippen molar-refractivity contribution >= 4 is 5.91 Å². The minimum Gasteiger partial charge on any atom is -0.347 e. The van der Waals surface area contributed by atoms with Gasteiger partial charge in [-0.05, 0) is 37.3 Å². The maximum absolute atomic E-state index is 11.5. The fourth-order valence-electron chi connectivity index (χ4n) is 3.32. The number of aryl methyl sites for hydroxylation is 1. The normalized spacial score (nSPS) is 13.6. The molecule has 0 heterocycles. The maximum Gasteiger partial charge on any atom is 0.217 e. The van der Waals surface area contributed by atoms with Gasteiger partial charge in [-0.15, -0.1) is 0 Å². The number of carbonyl (C=O) groups excluding carboxylic acids is 1. The van der Waals surface area contributed by atoms with Crippen molar-refractivity contribution in [2.45, 2.75) is 91.0 Å². The van der Waals surface area contributed by atoms with Gasteiger partial charge in [-0.3, -0.25) is 4.79 Å². The van der Waals surface area contributed by atoms with Crippen LogP contribution in [-0.2, 0) is 16.8 Å². The van der Waals surface area contributed by atoms with E-state index in [9.17, 15) is 4.79 Å². The Labute approximate surface area is 143 Å². The summed E-state index contributed by atoms with van der Waals surface area (Å²) >= 11 is 0. The minimum atomic E-state index is -0.251. The fraction of sp³-hybridized carbons (Fsp3) is 0.667. The van der Waals surface area contributed by atoms with E-state index in [-0.39, 0.29) is 11.4 Å². The summed E-state index contributed by atoms with van der Waals surface area (Å²) in [5, 5.41) is 3.13. The van der Waals surface area contributed by atoms with Crippen LogP contribution < -0.4 is 5.32 Å². The van der Waals surface area contributed by atoms with Crippen LogP contribution in [-0.4, -0.2) is 5.91 Å². The summed E-state index contributed by atoms with van der Waals surface area (Å²) in [5.74, 6) is 0.0390. The summed E-state index contributed by atoms with van der Waals surface area (Å²) in [5.41, 5.74) is 2.37. The number of hydrogen-bond acceptors (Lipinski definition) is 1. The first-order chi connectivity index (χ1) is 11.0. The molecule has 0 saturated carbocycles. The third-order valence-electron chi connectivity index (χ3n) is 4.61. The van der Waals surface area contributed by atoms with Gasteiger partial charge in [-0.2, -0.15) is 0 Å². The lowest BCUT2D eigenvalue weighted by molar-refractivity contribution is -0.120. The van der Waals surface area contributed by atoms with Crippen LogP contribution in [0, 0.1) is 0 Å². The predicted molar refractivity (Wildman–Crippen MR) is 99.6 cm³/mol. The Balaban J connectivity index is 2.55. The zero-order valence-corrected chi connectivity index (χ0v) is 15.6. The second kappa shape index (κ2) is 10.5. The molecule has 130 valence electrons. The van der Waals surface area contributed by atoms with Gasteiger partial charge in [-0.1, -0.05) is 76.6 Å². The zero-order valence-electron chi connectivity index (χ0n) is 15.6. The van der Waals surface area contributed by atoms with E-state index in [0.717, 1.165) is 19.3 Å². The van der Waals surface area contributed by atoms with E-state index in [1.165, 1.54) is 49.7 Å². The van der Waals surface area contributed by atoms with E-state index < -0.39 is 0 Å².